The summed E-state index contributed by atoms with van der Waals surface area (Å²) < 4.78 is 10.6. The SMILES string of the molecule is CCOCCCNC(=NC)NCC(c1ccc(OC)cc1)N(C)C.I. The number of nitrogens with one attached hydrogen (secondary N) is 2. The number of aliphatic imine (C=N–C) groups is 1. The number of nitrogens with zero attached hydrogens (tertiary/aromatic N) is 2. The maximum Gasteiger partial charge on any atom is 0.191 e. The Morgan fingerprint density at radius 2 is 1.88 bits per heavy atom. The van der Waals surface area contributed by atoms with Gasteiger partial charge in [0, 0.05) is 33.4 Å². The number of methoxy groups -OCH3 is 1. The van der Waals surface area contributed by atoms with Crippen LogP contribution in [0.25, 0.3) is 0 Å². The molecule has 0 saturated carbocycles. The van der Waals surface area contributed by atoms with Gasteiger partial charge in [-0.05, 0) is 45.1 Å². The fourth-order valence-corrected chi connectivity index (χ4v) is 2.36. The predicted octanol–water partition coefficient (Wildman–Crippen LogP) is 2.51. The van der Waals surface area contributed by atoms with E-state index in [0.29, 0.717) is 0 Å². The number of rotatable bonds is 10. The number of likely N-dealkylation sites (N-methyl/N-ethyl adjacent to an activating group) is 1. The van der Waals surface area contributed by atoms with Crippen LogP contribution in [0.2, 0.25) is 0 Å². The van der Waals surface area contributed by atoms with Crippen LogP contribution >= 0.6 is 24.0 Å². The first-order valence-corrected chi connectivity index (χ1v) is 8.45. The molecule has 7 heteroatoms. The average Bonchev–Trinajstić information content (AvgIpc) is 2.60. The molecule has 144 valence electrons. The van der Waals surface area contributed by atoms with Crippen molar-refractivity contribution in [3.05, 3.63) is 29.8 Å². The molecule has 0 bridgehead atoms. The van der Waals surface area contributed by atoms with Crippen LogP contribution in [0.1, 0.15) is 24.9 Å². The summed E-state index contributed by atoms with van der Waals surface area (Å²) in [4.78, 5) is 6.46. The second-order valence-corrected chi connectivity index (χ2v) is 5.68. The summed E-state index contributed by atoms with van der Waals surface area (Å²) in [7, 11) is 7.63. The lowest BCUT2D eigenvalue weighted by atomic mass is 10.1. The third kappa shape index (κ3) is 9.27. The minimum atomic E-state index is 0. The minimum absolute atomic E-state index is 0. The molecule has 0 aliphatic heterocycles. The number of ether oxygens (including phenoxy) is 2. The molecule has 0 saturated heterocycles. The second kappa shape index (κ2) is 14.1. The maximum atomic E-state index is 5.34. The summed E-state index contributed by atoms with van der Waals surface area (Å²) in [6.07, 6.45) is 0.962. The average molecular weight is 464 g/mol. The zero-order valence-corrected chi connectivity index (χ0v) is 18.4. The van der Waals surface area contributed by atoms with Crippen molar-refractivity contribution in [2.45, 2.75) is 19.4 Å². The summed E-state index contributed by atoms with van der Waals surface area (Å²) in [5.74, 6) is 1.68. The Labute approximate surface area is 169 Å². The topological polar surface area (TPSA) is 58.1 Å². The van der Waals surface area contributed by atoms with E-state index in [-0.39, 0.29) is 30.0 Å². The number of hydrogen-bond donors (Lipinski definition) is 2. The molecular weight excluding hydrogens is 431 g/mol. The second-order valence-electron chi connectivity index (χ2n) is 5.68. The van der Waals surface area contributed by atoms with Gasteiger partial charge in [-0.3, -0.25) is 4.99 Å². The molecule has 6 nitrogen and oxygen atoms in total. The van der Waals surface area contributed by atoms with Gasteiger partial charge in [-0.15, -0.1) is 24.0 Å². The Hall–Kier alpha value is -1.06. The largest absolute Gasteiger partial charge is 0.497 e. The molecule has 0 radical (unpaired) electrons. The first kappa shape index (κ1) is 23.9. The van der Waals surface area contributed by atoms with Crippen LogP contribution in [0.4, 0.5) is 0 Å². The predicted molar refractivity (Wildman–Crippen MR) is 115 cm³/mol. The molecule has 1 rings (SSSR count). The highest BCUT2D eigenvalue weighted by Gasteiger charge is 2.14. The lowest BCUT2D eigenvalue weighted by Gasteiger charge is -2.26. The Morgan fingerprint density at radius 3 is 2.40 bits per heavy atom. The van der Waals surface area contributed by atoms with Crippen molar-refractivity contribution in [2.75, 3.05) is 54.6 Å². The first-order chi connectivity index (χ1) is 11.6. The quantitative estimate of drug-likeness (QED) is 0.241. The Balaban J connectivity index is 0.00000576. The van der Waals surface area contributed by atoms with E-state index in [4.69, 9.17) is 9.47 Å². The van der Waals surface area contributed by atoms with Crippen molar-refractivity contribution in [3.63, 3.8) is 0 Å². The Kier molecular flexibility index (Phi) is 13.5. The van der Waals surface area contributed by atoms with Gasteiger partial charge in [0.25, 0.3) is 0 Å². The molecule has 1 atom stereocenters. The zero-order valence-electron chi connectivity index (χ0n) is 16.0. The molecular formula is C18H33IN4O2. The standard InChI is InChI=1S/C18H32N4O2.HI/c1-6-24-13-7-12-20-18(19-2)21-14-17(22(3)4)15-8-10-16(23-5)11-9-15;/h8-11,17H,6-7,12-14H2,1-5H3,(H2,19,20,21);1H. The molecule has 25 heavy (non-hydrogen) atoms. The van der Waals surface area contributed by atoms with E-state index in [2.05, 4.69) is 46.8 Å². The molecule has 0 aliphatic rings. The number of halogens is 1. The van der Waals surface area contributed by atoms with Crippen LogP contribution in [-0.4, -0.2) is 65.4 Å². The van der Waals surface area contributed by atoms with Crippen molar-refractivity contribution in [2.24, 2.45) is 4.99 Å². The van der Waals surface area contributed by atoms with Crippen LogP contribution in [0.3, 0.4) is 0 Å². The summed E-state index contributed by atoms with van der Waals surface area (Å²) in [5, 5.41) is 6.71. The normalized spacial score (nSPS) is 12.5. The molecule has 0 aromatic heterocycles. The van der Waals surface area contributed by atoms with Crippen molar-refractivity contribution in [1.29, 1.82) is 0 Å². The van der Waals surface area contributed by atoms with Crippen LogP contribution in [0.5, 0.6) is 5.75 Å². The lowest BCUT2D eigenvalue weighted by molar-refractivity contribution is 0.145. The van der Waals surface area contributed by atoms with E-state index in [1.165, 1.54) is 5.56 Å². The molecule has 2 N–H and O–H groups in total. The first-order valence-electron chi connectivity index (χ1n) is 8.45. The molecule has 0 spiro atoms. The molecule has 1 aromatic rings. The van der Waals surface area contributed by atoms with Crippen molar-refractivity contribution < 1.29 is 9.47 Å². The van der Waals surface area contributed by atoms with E-state index in [0.717, 1.165) is 44.4 Å². The third-order valence-corrected chi connectivity index (χ3v) is 3.77. The van der Waals surface area contributed by atoms with Crippen LogP contribution in [-0.2, 0) is 4.74 Å². The summed E-state index contributed by atoms with van der Waals surface area (Å²) >= 11 is 0. The van der Waals surface area contributed by atoms with Crippen molar-refractivity contribution >= 4 is 29.9 Å². The molecule has 0 amide bonds. The number of benzene rings is 1. The Morgan fingerprint density at radius 1 is 1.20 bits per heavy atom. The third-order valence-electron chi connectivity index (χ3n) is 3.77. The van der Waals surface area contributed by atoms with Gasteiger partial charge in [-0.2, -0.15) is 0 Å². The molecule has 0 fully saturated rings. The van der Waals surface area contributed by atoms with Gasteiger partial charge in [-0.1, -0.05) is 12.1 Å². The maximum absolute atomic E-state index is 5.34. The van der Waals surface area contributed by atoms with Gasteiger partial charge in [0.05, 0.1) is 13.2 Å². The van der Waals surface area contributed by atoms with E-state index in [9.17, 15) is 0 Å². The van der Waals surface area contributed by atoms with E-state index >= 15 is 0 Å². The van der Waals surface area contributed by atoms with Crippen molar-refractivity contribution in [1.82, 2.24) is 15.5 Å². The smallest absolute Gasteiger partial charge is 0.191 e. The van der Waals surface area contributed by atoms with E-state index in [1.807, 2.05) is 19.1 Å². The summed E-state index contributed by atoms with van der Waals surface area (Å²) in [5.41, 5.74) is 1.24. The molecule has 1 aromatic carbocycles. The highest BCUT2D eigenvalue weighted by molar-refractivity contribution is 14.0. The molecule has 0 heterocycles. The Bertz CT molecular complexity index is 480. The van der Waals surface area contributed by atoms with E-state index in [1.54, 1.807) is 14.2 Å². The van der Waals surface area contributed by atoms with Gasteiger partial charge < -0.3 is 25.0 Å². The summed E-state index contributed by atoms with van der Waals surface area (Å²) in [6, 6.07) is 8.43. The molecule has 0 aliphatic carbocycles. The highest BCUT2D eigenvalue weighted by atomic mass is 127. The number of guanidine groups is 1. The van der Waals surface area contributed by atoms with Crippen molar-refractivity contribution in [3.8, 4) is 5.75 Å². The molecule has 1 unspecified atom stereocenters. The van der Waals surface area contributed by atoms with Gasteiger partial charge >= 0.3 is 0 Å². The van der Waals surface area contributed by atoms with Crippen LogP contribution < -0.4 is 15.4 Å². The summed E-state index contributed by atoms with van der Waals surface area (Å²) in [6.45, 7) is 5.15. The highest BCUT2D eigenvalue weighted by Crippen LogP contribution is 2.20. The van der Waals surface area contributed by atoms with Gasteiger partial charge in [0.15, 0.2) is 5.96 Å². The monoisotopic (exact) mass is 464 g/mol. The lowest BCUT2D eigenvalue weighted by Crippen LogP contribution is -2.42. The van der Waals surface area contributed by atoms with E-state index < -0.39 is 0 Å². The number of hydrogen-bond acceptors (Lipinski definition) is 4. The van der Waals surface area contributed by atoms with Crippen LogP contribution in [0, 0.1) is 0 Å². The fraction of sp³-hybridized carbons (Fsp3) is 0.611. The van der Waals surface area contributed by atoms with Crippen LogP contribution in [0.15, 0.2) is 29.3 Å². The zero-order chi connectivity index (χ0) is 17.8. The van der Waals surface area contributed by atoms with Gasteiger partial charge in [0.1, 0.15) is 5.75 Å². The van der Waals surface area contributed by atoms with Gasteiger partial charge in [-0.25, -0.2) is 0 Å². The fourth-order valence-electron chi connectivity index (χ4n) is 2.36. The van der Waals surface area contributed by atoms with Gasteiger partial charge in [0.2, 0.25) is 0 Å². The minimum Gasteiger partial charge on any atom is -0.497 e.